The normalized spacial score (nSPS) is 16.0. The lowest BCUT2D eigenvalue weighted by atomic mass is 9.71. The number of nitrogens with one attached hydrogen (secondary N) is 1. The number of aromatic amines is 1. The largest absolute Gasteiger partial charge is 0.491 e. The lowest BCUT2D eigenvalue weighted by Crippen LogP contribution is -2.30. The van der Waals surface area contributed by atoms with Crippen molar-refractivity contribution in [1.29, 1.82) is 0 Å². The molecule has 4 rings (SSSR count). The van der Waals surface area contributed by atoms with Crippen LogP contribution in [0.3, 0.4) is 0 Å². The van der Waals surface area contributed by atoms with E-state index in [1.54, 1.807) is 23.9 Å². The molecule has 3 N–H and O–H groups in total. The van der Waals surface area contributed by atoms with Gasteiger partial charge in [0.2, 0.25) is 0 Å². The van der Waals surface area contributed by atoms with Crippen LogP contribution in [0.15, 0.2) is 41.3 Å². The number of carbonyl (C=O) groups excluding carboxylic acids is 1. The number of benzene rings is 2. The lowest BCUT2D eigenvalue weighted by Gasteiger charge is -2.32. The molecule has 1 aliphatic rings. The minimum absolute atomic E-state index is 0.00123. The standard InChI is InChI=1S/C22H23NO4S/c1-22(2)17-8-13(27-11-12(25)10-24)4-6-15(17)20(26)19-16-7-5-14(28-3)9-18(16)23-21(19)22/h4-9,12,23-25H,10-11H2,1-3H3/t12-/m0/s1. The highest BCUT2D eigenvalue weighted by Crippen LogP contribution is 2.45. The Morgan fingerprint density at radius 3 is 2.71 bits per heavy atom. The van der Waals surface area contributed by atoms with Crippen molar-refractivity contribution in [3.8, 4) is 5.75 Å². The predicted molar refractivity (Wildman–Crippen MR) is 111 cm³/mol. The summed E-state index contributed by atoms with van der Waals surface area (Å²) in [7, 11) is 0. The fourth-order valence-corrected chi connectivity index (χ4v) is 4.29. The maximum absolute atomic E-state index is 13.3. The van der Waals surface area contributed by atoms with Gasteiger partial charge >= 0.3 is 0 Å². The monoisotopic (exact) mass is 397 g/mol. The first-order valence-corrected chi connectivity index (χ1v) is 10.4. The summed E-state index contributed by atoms with van der Waals surface area (Å²) < 4.78 is 5.60. The van der Waals surface area contributed by atoms with Gasteiger partial charge in [-0.1, -0.05) is 19.9 Å². The summed E-state index contributed by atoms with van der Waals surface area (Å²) in [5.41, 5.74) is 3.76. The van der Waals surface area contributed by atoms with E-state index in [9.17, 15) is 9.90 Å². The number of aromatic nitrogens is 1. The Labute approximate surface area is 167 Å². The van der Waals surface area contributed by atoms with Gasteiger partial charge in [-0.15, -0.1) is 11.8 Å². The molecule has 1 aromatic heterocycles. The molecule has 28 heavy (non-hydrogen) atoms. The van der Waals surface area contributed by atoms with Crippen LogP contribution >= 0.6 is 11.8 Å². The average molecular weight is 397 g/mol. The van der Waals surface area contributed by atoms with E-state index in [0.29, 0.717) is 11.3 Å². The SMILES string of the molecule is CSc1ccc2c3c([nH]c2c1)C(C)(C)c1cc(OC[C@@H](O)CO)ccc1C3=O. The first-order valence-electron chi connectivity index (χ1n) is 9.18. The first kappa shape index (κ1) is 19.1. The van der Waals surface area contributed by atoms with Gasteiger partial charge in [-0.2, -0.15) is 0 Å². The Kier molecular flexibility index (Phi) is 4.73. The van der Waals surface area contributed by atoms with Crippen molar-refractivity contribution in [2.75, 3.05) is 19.5 Å². The zero-order valence-electron chi connectivity index (χ0n) is 16.1. The molecule has 146 valence electrons. The third-order valence-electron chi connectivity index (χ3n) is 5.42. The number of H-pyrrole nitrogens is 1. The molecule has 1 aliphatic carbocycles. The molecule has 3 aromatic rings. The third kappa shape index (κ3) is 2.92. The van der Waals surface area contributed by atoms with Crippen molar-refractivity contribution in [3.05, 3.63) is 58.8 Å². The second-order valence-corrected chi connectivity index (χ2v) is 8.48. The van der Waals surface area contributed by atoms with Crippen molar-refractivity contribution < 1.29 is 19.7 Å². The van der Waals surface area contributed by atoms with E-state index in [1.807, 2.05) is 24.5 Å². The number of hydrogen-bond donors (Lipinski definition) is 3. The molecule has 0 saturated carbocycles. The van der Waals surface area contributed by atoms with Gasteiger partial charge < -0.3 is 19.9 Å². The van der Waals surface area contributed by atoms with Gasteiger partial charge in [0.05, 0.1) is 12.2 Å². The highest BCUT2D eigenvalue weighted by Gasteiger charge is 2.39. The minimum atomic E-state index is -0.934. The van der Waals surface area contributed by atoms with Crippen LogP contribution in [0.4, 0.5) is 0 Å². The summed E-state index contributed by atoms with van der Waals surface area (Å²) in [6, 6.07) is 11.5. The second kappa shape index (κ2) is 6.95. The van der Waals surface area contributed by atoms with Gasteiger partial charge in [-0.3, -0.25) is 4.79 Å². The summed E-state index contributed by atoms with van der Waals surface area (Å²) in [5.74, 6) is 0.575. The average Bonchev–Trinajstić information content (AvgIpc) is 3.10. The molecule has 2 aromatic carbocycles. The Hall–Kier alpha value is -2.28. The summed E-state index contributed by atoms with van der Waals surface area (Å²) in [6.07, 6.45) is 1.10. The molecule has 0 amide bonds. The molecular weight excluding hydrogens is 374 g/mol. The highest BCUT2D eigenvalue weighted by molar-refractivity contribution is 7.98. The molecule has 0 bridgehead atoms. The maximum atomic E-state index is 13.3. The van der Waals surface area contributed by atoms with Crippen molar-refractivity contribution >= 4 is 28.4 Å². The lowest BCUT2D eigenvalue weighted by molar-refractivity contribution is 0.0535. The van der Waals surface area contributed by atoms with E-state index < -0.39 is 11.5 Å². The number of aliphatic hydroxyl groups is 2. The van der Waals surface area contributed by atoms with Gasteiger partial charge in [0.15, 0.2) is 5.78 Å². The zero-order chi connectivity index (χ0) is 20.1. The maximum Gasteiger partial charge on any atom is 0.195 e. The molecule has 0 aliphatic heterocycles. The number of rotatable bonds is 5. The van der Waals surface area contributed by atoms with E-state index in [4.69, 9.17) is 9.84 Å². The van der Waals surface area contributed by atoms with Crippen molar-refractivity contribution in [2.24, 2.45) is 0 Å². The van der Waals surface area contributed by atoms with E-state index in [0.717, 1.165) is 32.6 Å². The summed E-state index contributed by atoms with van der Waals surface area (Å²) in [6.45, 7) is 3.83. The third-order valence-corrected chi connectivity index (χ3v) is 6.15. The molecule has 1 heterocycles. The molecule has 6 heteroatoms. The summed E-state index contributed by atoms with van der Waals surface area (Å²) in [4.78, 5) is 17.9. The van der Waals surface area contributed by atoms with Crippen molar-refractivity contribution in [1.82, 2.24) is 4.98 Å². The van der Waals surface area contributed by atoms with Gasteiger partial charge in [0.1, 0.15) is 18.5 Å². The number of fused-ring (bicyclic) bond motifs is 4. The minimum Gasteiger partial charge on any atom is -0.491 e. The van der Waals surface area contributed by atoms with E-state index in [1.165, 1.54) is 0 Å². The summed E-state index contributed by atoms with van der Waals surface area (Å²) >= 11 is 1.67. The molecule has 0 radical (unpaired) electrons. The molecule has 1 atom stereocenters. The summed E-state index contributed by atoms with van der Waals surface area (Å²) in [5, 5.41) is 19.4. The zero-order valence-corrected chi connectivity index (χ0v) is 16.9. The van der Waals surface area contributed by atoms with E-state index >= 15 is 0 Å². The van der Waals surface area contributed by atoms with Crippen molar-refractivity contribution in [3.63, 3.8) is 0 Å². The van der Waals surface area contributed by atoms with Gasteiger partial charge in [-0.05, 0) is 42.2 Å². The topological polar surface area (TPSA) is 82.6 Å². The Morgan fingerprint density at radius 2 is 2.00 bits per heavy atom. The molecule has 0 unspecified atom stereocenters. The predicted octanol–water partition coefficient (Wildman–Crippen LogP) is 3.49. The number of ether oxygens (including phenoxy) is 1. The Bertz CT molecular complexity index is 1070. The van der Waals surface area contributed by atoms with E-state index in [-0.39, 0.29) is 19.0 Å². The van der Waals surface area contributed by atoms with Crippen LogP contribution in [0, 0.1) is 0 Å². The van der Waals surface area contributed by atoms with Crippen molar-refractivity contribution in [2.45, 2.75) is 30.3 Å². The molecule has 0 fully saturated rings. The van der Waals surface area contributed by atoms with Crippen LogP contribution < -0.4 is 4.74 Å². The first-order chi connectivity index (χ1) is 13.4. The molecule has 5 nitrogen and oxygen atoms in total. The number of ketones is 1. The van der Waals surface area contributed by atoms with Crippen LogP contribution in [0.2, 0.25) is 0 Å². The van der Waals surface area contributed by atoms with Gasteiger partial charge in [0.25, 0.3) is 0 Å². The highest BCUT2D eigenvalue weighted by atomic mass is 32.2. The number of aliphatic hydroxyl groups excluding tert-OH is 2. The Balaban J connectivity index is 1.82. The van der Waals surface area contributed by atoms with Crippen LogP contribution in [-0.2, 0) is 5.41 Å². The number of hydrogen-bond acceptors (Lipinski definition) is 5. The quantitative estimate of drug-likeness (QED) is 0.574. The molecule has 0 saturated heterocycles. The molecular formula is C22H23NO4S. The van der Waals surface area contributed by atoms with Gasteiger partial charge in [0, 0.05) is 32.5 Å². The molecule has 0 spiro atoms. The number of thioether (sulfide) groups is 1. The van der Waals surface area contributed by atoms with Crippen LogP contribution in [-0.4, -0.2) is 46.6 Å². The fraction of sp³-hybridized carbons (Fsp3) is 0.318. The van der Waals surface area contributed by atoms with Crippen LogP contribution in [0.5, 0.6) is 5.75 Å². The fourth-order valence-electron chi connectivity index (χ4n) is 3.85. The smallest absolute Gasteiger partial charge is 0.195 e. The van der Waals surface area contributed by atoms with E-state index in [2.05, 4.69) is 24.9 Å². The van der Waals surface area contributed by atoms with Crippen LogP contribution in [0.25, 0.3) is 10.9 Å². The second-order valence-electron chi connectivity index (χ2n) is 7.60. The van der Waals surface area contributed by atoms with Crippen LogP contribution in [0.1, 0.15) is 41.0 Å². The van der Waals surface area contributed by atoms with Gasteiger partial charge in [-0.25, -0.2) is 0 Å². The Morgan fingerprint density at radius 1 is 1.21 bits per heavy atom. The number of carbonyl (C=O) groups is 1.